The van der Waals surface area contributed by atoms with Crippen LogP contribution in [0, 0.1) is 0 Å². The standard InChI is InChI=1S/C9H15BrN2O/c1-5(2)8-7(10)9(13)12(11-8)6(3)4/h5-6,11H,1-4H3. The van der Waals surface area contributed by atoms with Crippen molar-refractivity contribution in [3.05, 3.63) is 20.5 Å². The monoisotopic (exact) mass is 246 g/mol. The minimum atomic E-state index is 0.0266. The van der Waals surface area contributed by atoms with Crippen molar-refractivity contribution >= 4 is 15.9 Å². The predicted molar refractivity (Wildman–Crippen MR) is 57.2 cm³/mol. The number of H-pyrrole nitrogens is 1. The molecule has 0 amide bonds. The molecule has 0 radical (unpaired) electrons. The van der Waals surface area contributed by atoms with E-state index in [0.29, 0.717) is 10.4 Å². The summed E-state index contributed by atoms with van der Waals surface area (Å²) in [5, 5.41) is 3.11. The Morgan fingerprint density at radius 1 is 1.31 bits per heavy atom. The maximum Gasteiger partial charge on any atom is 0.281 e. The van der Waals surface area contributed by atoms with Crippen LogP contribution < -0.4 is 5.56 Å². The Balaban J connectivity index is 3.29. The molecular weight excluding hydrogens is 232 g/mol. The summed E-state index contributed by atoms with van der Waals surface area (Å²) in [7, 11) is 0. The molecule has 0 atom stereocenters. The normalized spacial score (nSPS) is 11.6. The highest BCUT2D eigenvalue weighted by Gasteiger charge is 2.15. The van der Waals surface area contributed by atoms with Gasteiger partial charge < -0.3 is 0 Å². The quantitative estimate of drug-likeness (QED) is 0.857. The van der Waals surface area contributed by atoms with Crippen molar-refractivity contribution in [3.63, 3.8) is 0 Å². The van der Waals surface area contributed by atoms with E-state index in [2.05, 4.69) is 34.9 Å². The van der Waals surface area contributed by atoms with Gasteiger partial charge in [-0.25, -0.2) is 4.68 Å². The molecule has 0 unspecified atom stereocenters. The third kappa shape index (κ3) is 1.88. The molecule has 74 valence electrons. The van der Waals surface area contributed by atoms with E-state index < -0.39 is 0 Å². The van der Waals surface area contributed by atoms with Crippen LogP contribution in [0.5, 0.6) is 0 Å². The van der Waals surface area contributed by atoms with Gasteiger partial charge >= 0.3 is 0 Å². The number of nitrogens with one attached hydrogen (secondary N) is 1. The van der Waals surface area contributed by atoms with Crippen LogP contribution in [0.3, 0.4) is 0 Å². The lowest BCUT2D eigenvalue weighted by Gasteiger charge is -2.05. The van der Waals surface area contributed by atoms with Gasteiger partial charge in [-0.1, -0.05) is 13.8 Å². The lowest BCUT2D eigenvalue weighted by atomic mass is 10.1. The van der Waals surface area contributed by atoms with Crippen LogP contribution in [0.2, 0.25) is 0 Å². The first kappa shape index (κ1) is 10.6. The molecule has 1 rings (SSSR count). The van der Waals surface area contributed by atoms with Gasteiger partial charge in [-0.3, -0.25) is 9.89 Å². The fourth-order valence-corrected chi connectivity index (χ4v) is 1.93. The second kappa shape index (κ2) is 3.70. The second-order valence-corrected chi connectivity index (χ2v) is 4.56. The Morgan fingerprint density at radius 2 is 1.85 bits per heavy atom. The van der Waals surface area contributed by atoms with Crippen LogP contribution in [-0.2, 0) is 0 Å². The SMILES string of the molecule is CC(C)c1[nH]n(C(C)C)c(=O)c1Br. The van der Waals surface area contributed by atoms with E-state index in [1.807, 2.05) is 13.8 Å². The first-order valence-electron chi connectivity index (χ1n) is 4.45. The Kier molecular flexibility index (Phi) is 3.01. The third-order valence-corrected chi connectivity index (χ3v) is 2.74. The fraction of sp³-hybridized carbons (Fsp3) is 0.667. The van der Waals surface area contributed by atoms with Gasteiger partial charge in [0.25, 0.3) is 5.56 Å². The summed E-state index contributed by atoms with van der Waals surface area (Å²) in [5.74, 6) is 0.335. The molecule has 0 saturated heterocycles. The van der Waals surface area contributed by atoms with E-state index in [0.717, 1.165) is 5.69 Å². The molecule has 0 aliphatic heterocycles. The van der Waals surface area contributed by atoms with Crippen molar-refractivity contribution in [3.8, 4) is 0 Å². The summed E-state index contributed by atoms with van der Waals surface area (Å²) in [6.07, 6.45) is 0. The van der Waals surface area contributed by atoms with Crippen LogP contribution in [0.1, 0.15) is 45.3 Å². The van der Waals surface area contributed by atoms with E-state index in [-0.39, 0.29) is 11.6 Å². The van der Waals surface area contributed by atoms with E-state index in [9.17, 15) is 4.79 Å². The van der Waals surface area contributed by atoms with Gasteiger partial charge in [-0.05, 0) is 35.7 Å². The van der Waals surface area contributed by atoms with Gasteiger partial charge in [0, 0.05) is 6.04 Å². The minimum Gasteiger partial charge on any atom is -0.298 e. The topological polar surface area (TPSA) is 37.8 Å². The largest absolute Gasteiger partial charge is 0.298 e. The number of nitrogens with zero attached hydrogens (tertiary/aromatic N) is 1. The minimum absolute atomic E-state index is 0.0266. The first-order valence-corrected chi connectivity index (χ1v) is 5.24. The molecule has 13 heavy (non-hydrogen) atoms. The van der Waals surface area contributed by atoms with Crippen LogP contribution in [-0.4, -0.2) is 9.78 Å². The molecule has 1 aromatic heterocycles. The van der Waals surface area contributed by atoms with Crippen molar-refractivity contribution < 1.29 is 0 Å². The summed E-state index contributed by atoms with van der Waals surface area (Å²) in [5.41, 5.74) is 0.998. The molecule has 0 aliphatic rings. The maximum absolute atomic E-state index is 11.6. The van der Waals surface area contributed by atoms with E-state index in [1.54, 1.807) is 4.68 Å². The summed E-state index contributed by atoms with van der Waals surface area (Å²) >= 11 is 3.31. The molecule has 1 N–H and O–H groups in total. The average Bonchev–Trinajstić information content (AvgIpc) is 2.29. The summed E-state index contributed by atoms with van der Waals surface area (Å²) in [6, 6.07) is 0.177. The summed E-state index contributed by atoms with van der Waals surface area (Å²) in [4.78, 5) is 11.6. The van der Waals surface area contributed by atoms with Crippen molar-refractivity contribution in [2.24, 2.45) is 0 Å². The zero-order chi connectivity index (χ0) is 10.2. The molecule has 0 spiro atoms. The Bertz CT molecular complexity index is 349. The Hall–Kier alpha value is -0.510. The first-order chi connectivity index (χ1) is 5.95. The number of hydrogen-bond acceptors (Lipinski definition) is 1. The lowest BCUT2D eigenvalue weighted by molar-refractivity contribution is 0.508. The van der Waals surface area contributed by atoms with Crippen LogP contribution in [0.15, 0.2) is 9.27 Å². The molecule has 1 aromatic rings. The number of aromatic nitrogens is 2. The molecule has 0 bridgehead atoms. The molecule has 4 heteroatoms. The predicted octanol–water partition coefficient (Wildman–Crippen LogP) is 2.64. The molecular formula is C9H15BrN2O. The highest BCUT2D eigenvalue weighted by Crippen LogP contribution is 2.20. The van der Waals surface area contributed by atoms with Crippen LogP contribution >= 0.6 is 15.9 Å². The Labute approximate surface area is 86.3 Å². The number of rotatable bonds is 2. The molecule has 0 fully saturated rings. The molecule has 3 nitrogen and oxygen atoms in total. The van der Waals surface area contributed by atoms with Crippen molar-refractivity contribution in [2.75, 3.05) is 0 Å². The highest BCUT2D eigenvalue weighted by atomic mass is 79.9. The lowest BCUT2D eigenvalue weighted by Crippen LogP contribution is -2.18. The molecule has 0 aromatic carbocycles. The van der Waals surface area contributed by atoms with Crippen LogP contribution in [0.4, 0.5) is 0 Å². The highest BCUT2D eigenvalue weighted by molar-refractivity contribution is 9.10. The molecule has 0 saturated carbocycles. The summed E-state index contributed by atoms with van der Waals surface area (Å²) in [6.45, 7) is 8.07. The number of hydrogen-bond donors (Lipinski definition) is 1. The van der Waals surface area contributed by atoms with Crippen molar-refractivity contribution in [1.82, 2.24) is 9.78 Å². The van der Waals surface area contributed by atoms with E-state index in [1.165, 1.54) is 0 Å². The van der Waals surface area contributed by atoms with E-state index in [4.69, 9.17) is 0 Å². The maximum atomic E-state index is 11.6. The summed E-state index contributed by atoms with van der Waals surface area (Å²) < 4.78 is 2.30. The van der Waals surface area contributed by atoms with Gasteiger partial charge in [-0.15, -0.1) is 0 Å². The zero-order valence-corrected chi connectivity index (χ0v) is 9.97. The van der Waals surface area contributed by atoms with Gasteiger partial charge in [0.2, 0.25) is 0 Å². The average molecular weight is 247 g/mol. The number of aromatic amines is 1. The van der Waals surface area contributed by atoms with Gasteiger partial charge in [0.05, 0.1) is 5.69 Å². The van der Waals surface area contributed by atoms with Crippen molar-refractivity contribution in [1.29, 1.82) is 0 Å². The fourth-order valence-electron chi connectivity index (χ4n) is 1.20. The molecule has 0 aliphatic carbocycles. The number of halogens is 1. The third-order valence-electron chi connectivity index (χ3n) is 1.98. The van der Waals surface area contributed by atoms with E-state index >= 15 is 0 Å². The smallest absolute Gasteiger partial charge is 0.281 e. The van der Waals surface area contributed by atoms with Crippen molar-refractivity contribution in [2.45, 2.75) is 39.7 Å². The second-order valence-electron chi connectivity index (χ2n) is 3.76. The Morgan fingerprint density at radius 3 is 2.08 bits per heavy atom. The van der Waals surface area contributed by atoms with Gasteiger partial charge in [0.15, 0.2) is 0 Å². The zero-order valence-electron chi connectivity index (χ0n) is 8.39. The van der Waals surface area contributed by atoms with Gasteiger partial charge in [-0.2, -0.15) is 0 Å². The van der Waals surface area contributed by atoms with Gasteiger partial charge in [0.1, 0.15) is 4.47 Å². The molecule has 1 heterocycles. The van der Waals surface area contributed by atoms with Crippen LogP contribution in [0.25, 0.3) is 0 Å².